The van der Waals surface area contributed by atoms with Crippen LogP contribution in [0.4, 0.5) is 0 Å². The van der Waals surface area contributed by atoms with Gasteiger partial charge in [0.15, 0.2) is 0 Å². The van der Waals surface area contributed by atoms with E-state index in [0.717, 1.165) is 0 Å². The first-order valence-electron chi connectivity index (χ1n) is 6.08. The Morgan fingerprint density at radius 2 is 1.30 bits per heavy atom. The van der Waals surface area contributed by atoms with Gasteiger partial charge < -0.3 is 10.2 Å². The highest BCUT2D eigenvalue weighted by Gasteiger charge is 2.24. The molecule has 20 heavy (non-hydrogen) atoms. The molecule has 0 aliphatic carbocycles. The summed E-state index contributed by atoms with van der Waals surface area (Å²) in [5.41, 5.74) is 1.47. The molecule has 0 amide bonds. The van der Waals surface area contributed by atoms with Crippen molar-refractivity contribution in [3.8, 4) is 11.5 Å². The molecule has 0 atom stereocenters. The van der Waals surface area contributed by atoms with Crippen molar-refractivity contribution < 1.29 is 18.6 Å². The molecule has 5 heteroatoms. The fraction of sp³-hybridized carbons (Fsp3) is 0.200. The second-order valence-corrected chi connectivity index (χ2v) is 6.72. The van der Waals surface area contributed by atoms with Crippen LogP contribution < -0.4 is 0 Å². The lowest BCUT2D eigenvalue weighted by Crippen LogP contribution is -2.08. The monoisotopic (exact) mass is 292 g/mol. The zero-order valence-electron chi connectivity index (χ0n) is 11.5. The van der Waals surface area contributed by atoms with Gasteiger partial charge in [-0.2, -0.15) is 0 Å². The molecule has 0 radical (unpaired) electrons. The highest BCUT2D eigenvalue weighted by molar-refractivity contribution is 7.91. The topological polar surface area (TPSA) is 74.6 Å². The lowest BCUT2D eigenvalue weighted by Gasteiger charge is -2.13. The van der Waals surface area contributed by atoms with E-state index in [-0.39, 0.29) is 21.3 Å². The van der Waals surface area contributed by atoms with Crippen LogP contribution in [-0.4, -0.2) is 18.6 Å². The standard InChI is InChI=1S/C15H16O4S/c1-9-6-12(16)4-5-14(9)20(18,19)15-10(2)7-13(17)8-11(15)3/h4-8,16-17H,1-3H3. The van der Waals surface area contributed by atoms with Gasteiger partial charge in [0.05, 0.1) is 9.79 Å². The van der Waals surface area contributed by atoms with Crippen LogP contribution in [0.1, 0.15) is 16.7 Å². The van der Waals surface area contributed by atoms with Crippen LogP contribution in [0.25, 0.3) is 0 Å². The Hall–Kier alpha value is -2.01. The van der Waals surface area contributed by atoms with Crippen LogP contribution in [0.3, 0.4) is 0 Å². The molecule has 0 aliphatic heterocycles. The largest absolute Gasteiger partial charge is 0.508 e. The molecule has 0 unspecified atom stereocenters. The Labute approximate surface area is 118 Å². The van der Waals surface area contributed by atoms with Crippen molar-refractivity contribution in [2.24, 2.45) is 0 Å². The summed E-state index contributed by atoms with van der Waals surface area (Å²) in [6, 6.07) is 7.01. The molecule has 2 rings (SSSR count). The maximum atomic E-state index is 12.8. The normalized spacial score (nSPS) is 11.6. The van der Waals surface area contributed by atoms with E-state index in [9.17, 15) is 18.6 Å². The van der Waals surface area contributed by atoms with Gasteiger partial charge in [0.1, 0.15) is 11.5 Å². The van der Waals surface area contributed by atoms with E-state index < -0.39 is 9.84 Å². The van der Waals surface area contributed by atoms with Crippen LogP contribution in [0.2, 0.25) is 0 Å². The molecule has 0 saturated heterocycles. The van der Waals surface area contributed by atoms with Crippen molar-refractivity contribution in [1.82, 2.24) is 0 Å². The van der Waals surface area contributed by atoms with Crippen molar-refractivity contribution in [3.05, 3.63) is 47.0 Å². The highest BCUT2D eigenvalue weighted by atomic mass is 32.2. The Kier molecular flexibility index (Phi) is 3.48. The zero-order valence-corrected chi connectivity index (χ0v) is 12.3. The predicted molar refractivity (Wildman–Crippen MR) is 75.9 cm³/mol. The fourth-order valence-corrected chi connectivity index (χ4v) is 4.31. The summed E-state index contributed by atoms with van der Waals surface area (Å²) in [6.07, 6.45) is 0. The Bertz CT molecular complexity index is 753. The minimum atomic E-state index is -3.69. The predicted octanol–water partition coefficient (Wildman–Crippen LogP) is 2.86. The van der Waals surface area contributed by atoms with Gasteiger partial charge in [0.2, 0.25) is 9.84 Å². The lowest BCUT2D eigenvalue weighted by molar-refractivity contribution is 0.473. The number of phenols is 2. The lowest BCUT2D eigenvalue weighted by atomic mass is 10.1. The summed E-state index contributed by atoms with van der Waals surface area (Å²) >= 11 is 0. The summed E-state index contributed by atoms with van der Waals surface area (Å²) in [7, 11) is -3.69. The van der Waals surface area contributed by atoms with Gasteiger partial charge in [0.25, 0.3) is 0 Å². The van der Waals surface area contributed by atoms with Gasteiger partial charge in [-0.25, -0.2) is 8.42 Å². The number of aromatic hydroxyl groups is 2. The molecule has 4 nitrogen and oxygen atoms in total. The molecular weight excluding hydrogens is 276 g/mol. The van der Waals surface area contributed by atoms with Crippen LogP contribution in [0.15, 0.2) is 40.1 Å². The van der Waals surface area contributed by atoms with E-state index in [1.807, 2.05) is 0 Å². The summed E-state index contributed by atoms with van der Waals surface area (Å²) in [4.78, 5) is 0.358. The van der Waals surface area contributed by atoms with Gasteiger partial charge in [-0.05, 0) is 67.8 Å². The van der Waals surface area contributed by atoms with Crippen LogP contribution in [0, 0.1) is 20.8 Å². The smallest absolute Gasteiger partial charge is 0.207 e. The minimum absolute atomic E-state index is 0.0283. The van der Waals surface area contributed by atoms with Crippen LogP contribution >= 0.6 is 0 Å². The van der Waals surface area contributed by atoms with E-state index in [0.29, 0.717) is 16.7 Å². The van der Waals surface area contributed by atoms with Gasteiger partial charge in [0, 0.05) is 0 Å². The minimum Gasteiger partial charge on any atom is -0.508 e. The average Bonchev–Trinajstić information content (AvgIpc) is 2.25. The highest BCUT2D eigenvalue weighted by Crippen LogP contribution is 2.32. The van der Waals surface area contributed by atoms with Crippen LogP contribution in [0.5, 0.6) is 11.5 Å². The van der Waals surface area contributed by atoms with Gasteiger partial charge in [-0.3, -0.25) is 0 Å². The van der Waals surface area contributed by atoms with E-state index in [2.05, 4.69) is 0 Å². The molecule has 106 valence electrons. The maximum absolute atomic E-state index is 12.8. The first-order chi connectivity index (χ1) is 9.23. The molecule has 0 aromatic heterocycles. The quantitative estimate of drug-likeness (QED) is 0.892. The molecule has 0 fully saturated rings. The van der Waals surface area contributed by atoms with Gasteiger partial charge >= 0.3 is 0 Å². The number of rotatable bonds is 2. The second-order valence-electron chi connectivity index (χ2n) is 4.86. The van der Waals surface area contributed by atoms with E-state index in [1.54, 1.807) is 20.8 Å². The van der Waals surface area contributed by atoms with E-state index in [1.165, 1.54) is 30.3 Å². The van der Waals surface area contributed by atoms with E-state index >= 15 is 0 Å². The van der Waals surface area contributed by atoms with Crippen molar-refractivity contribution in [2.45, 2.75) is 30.6 Å². The SMILES string of the molecule is Cc1cc(O)ccc1S(=O)(=O)c1c(C)cc(O)cc1C. The second kappa shape index (κ2) is 4.83. The third kappa shape index (κ3) is 2.36. The van der Waals surface area contributed by atoms with Crippen molar-refractivity contribution in [3.63, 3.8) is 0 Å². The molecule has 0 heterocycles. The number of phenolic OH excluding ortho intramolecular Hbond substituents is 2. The number of aryl methyl sites for hydroxylation is 3. The summed E-state index contributed by atoms with van der Waals surface area (Å²) in [6.45, 7) is 4.93. The molecule has 0 spiro atoms. The average molecular weight is 292 g/mol. The number of hydrogen-bond acceptors (Lipinski definition) is 4. The molecule has 2 N–H and O–H groups in total. The summed E-state index contributed by atoms with van der Waals surface area (Å²) in [5, 5.41) is 18.9. The molecule has 0 aliphatic rings. The number of hydrogen-bond donors (Lipinski definition) is 2. The first kappa shape index (κ1) is 14.4. The summed E-state index contributed by atoms with van der Waals surface area (Å²) in [5.74, 6) is 0.0713. The molecule has 2 aromatic carbocycles. The number of benzene rings is 2. The zero-order chi connectivity index (χ0) is 15.1. The van der Waals surface area contributed by atoms with Crippen molar-refractivity contribution in [2.75, 3.05) is 0 Å². The van der Waals surface area contributed by atoms with Crippen LogP contribution in [-0.2, 0) is 9.84 Å². The Morgan fingerprint density at radius 3 is 1.80 bits per heavy atom. The van der Waals surface area contributed by atoms with E-state index in [4.69, 9.17) is 0 Å². The molecule has 0 saturated carbocycles. The summed E-state index contributed by atoms with van der Waals surface area (Å²) < 4.78 is 25.5. The molecule has 0 bridgehead atoms. The fourth-order valence-electron chi connectivity index (χ4n) is 2.40. The third-order valence-corrected chi connectivity index (χ3v) is 5.38. The van der Waals surface area contributed by atoms with Crippen molar-refractivity contribution in [1.29, 1.82) is 0 Å². The molecule has 2 aromatic rings. The van der Waals surface area contributed by atoms with Gasteiger partial charge in [-0.15, -0.1) is 0 Å². The maximum Gasteiger partial charge on any atom is 0.207 e. The Balaban J connectivity index is 2.74. The molecular formula is C15H16O4S. The van der Waals surface area contributed by atoms with Crippen molar-refractivity contribution >= 4 is 9.84 Å². The van der Waals surface area contributed by atoms with Gasteiger partial charge in [-0.1, -0.05) is 0 Å². The Morgan fingerprint density at radius 1 is 0.800 bits per heavy atom. The third-order valence-electron chi connectivity index (χ3n) is 3.16. The first-order valence-corrected chi connectivity index (χ1v) is 7.56. The number of sulfone groups is 1.